The van der Waals surface area contributed by atoms with Crippen LogP contribution in [0.4, 0.5) is 4.79 Å². The molecular weight excluding hydrogens is 290 g/mol. The van der Waals surface area contributed by atoms with Gasteiger partial charge < -0.3 is 20.3 Å². The number of fused-ring (bicyclic) bond motifs is 1. The summed E-state index contributed by atoms with van der Waals surface area (Å²) in [7, 11) is 1.28. The number of nitrogens with zero attached hydrogens (tertiary/aromatic N) is 1. The largest absolute Gasteiger partial charge is 0.477 e. The monoisotopic (exact) mass is 303 g/mol. The second-order valence-electron chi connectivity index (χ2n) is 4.20. The van der Waals surface area contributed by atoms with Crippen LogP contribution in [0.5, 0.6) is 0 Å². The van der Waals surface area contributed by atoms with Crippen molar-refractivity contribution < 1.29 is 29.0 Å². The fraction of sp³-hybridized carbons (Fsp3) is 0.500. The molecular formula is C10H13N3O6S. The number of hydrogen-bond donors (Lipinski definition) is 3. The summed E-state index contributed by atoms with van der Waals surface area (Å²) in [5, 5.41) is 8.62. The van der Waals surface area contributed by atoms with Gasteiger partial charge in [0.05, 0.1) is 0 Å². The number of primary amides is 1. The van der Waals surface area contributed by atoms with Gasteiger partial charge in [-0.15, -0.1) is 11.8 Å². The molecule has 0 spiro atoms. The van der Waals surface area contributed by atoms with Crippen molar-refractivity contribution in [2.75, 3.05) is 19.5 Å². The molecule has 0 unspecified atom stereocenters. The van der Waals surface area contributed by atoms with Crippen LogP contribution in [-0.2, 0) is 19.1 Å². The maximum absolute atomic E-state index is 12.0. The molecule has 5 N–H and O–H groups in total. The van der Waals surface area contributed by atoms with E-state index < -0.39 is 29.1 Å². The standard InChI is InChI=1S/C10H13N3O6S/c1-18-10(12)7(16)13-5(6(14)15)4(2-19-9(11)17)3-20-8(10)13/h8H,2-3,12H2,1H3,(H2,11,17)(H,14,15)/t8-,10-/m0/s1. The van der Waals surface area contributed by atoms with Gasteiger partial charge >= 0.3 is 12.1 Å². The number of amides is 2. The van der Waals surface area contributed by atoms with Crippen molar-refractivity contribution in [2.45, 2.75) is 11.1 Å². The minimum absolute atomic E-state index is 0.238. The molecule has 10 heteroatoms. The molecule has 9 nitrogen and oxygen atoms in total. The number of carbonyl (C=O) groups excluding carboxylic acids is 2. The molecule has 1 fully saturated rings. The third-order valence-corrected chi connectivity index (χ3v) is 4.47. The Hall–Kier alpha value is -1.78. The highest BCUT2D eigenvalue weighted by molar-refractivity contribution is 8.00. The lowest BCUT2D eigenvalue weighted by atomic mass is 9.99. The zero-order valence-electron chi connectivity index (χ0n) is 10.5. The first kappa shape index (κ1) is 14.6. The zero-order valence-corrected chi connectivity index (χ0v) is 11.3. The van der Waals surface area contributed by atoms with Crippen molar-refractivity contribution in [3.8, 4) is 0 Å². The number of β-lactam (4-membered cyclic amide) rings is 1. The summed E-state index contributed by atoms with van der Waals surface area (Å²) in [6.45, 7) is -0.287. The van der Waals surface area contributed by atoms with Gasteiger partial charge in [-0.1, -0.05) is 0 Å². The topological polar surface area (TPSA) is 145 Å². The van der Waals surface area contributed by atoms with E-state index >= 15 is 0 Å². The highest BCUT2D eigenvalue weighted by Crippen LogP contribution is 2.45. The molecule has 0 saturated carbocycles. The Labute approximate surface area is 117 Å². The summed E-state index contributed by atoms with van der Waals surface area (Å²) < 4.78 is 9.55. The van der Waals surface area contributed by atoms with Crippen LogP contribution in [0.3, 0.4) is 0 Å². The first-order chi connectivity index (χ1) is 9.32. The highest BCUT2D eigenvalue weighted by atomic mass is 32.2. The van der Waals surface area contributed by atoms with Gasteiger partial charge in [-0.25, -0.2) is 9.59 Å². The van der Waals surface area contributed by atoms with Crippen LogP contribution in [0.25, 0.3) is 0 Å². The molecule has 110 valence electrons. The maximum Gasteiger partial charge on any atom is 0.404 e. The number of carboxylic acids is 1. The van der Waals surface area contributed by atoms with E-state index in [-0.39, 0.29) is 23.6 Å². The van der Waals surface area contributed by atoms with Crippen molar-refractivity contribution in [3.05, 3.63) is 11.3 Å². The van der Waals surface area contributed by atoms with Crippen molar-refractivity contribution in [2.24, 2.45) is 11.5 Å². The Bertz CT molecular complexity index is 521. The van der Waals surface area contributed by atoms with E-state index in [9.17, 15) is 19.5 Å². The van der Waals surface area contributed by atoms with Crippen LogP contribution in [0, 0.1) is 0 Å². The molecule has 2 amide bonds. The number of methoxy groups -OCH3 is 1. The lowest BCUT2D eigenvalue weighted by Gasteiger charge is -2.54. The van der Waals surface area contributed by atoms with Gasteiger partial charge in [0.25, 0.3) is 5.91 Å². The number of nitrogens with two attached hydrogens (primary N) is 2. The van der Waals surface area contributed by atoms with Gasteiger partial charge in [-0.2, -0.15) is 0 Å². The number of ether oxygens (including phenoxy) is 2. The van der Waals surface area contributed by atoms with Crippen molar-refractivity contribution in [3.63, 3.8) is 0 Å². The summed E-state index contributed by atoms with van der Waals surface area (Å²) in [4.78, 5) is 34.9. The number of carbonyl (C=O) groups is 3. The Morgan fingerprint density at radius 2 is 2.25 bits per heavy atom. The molecule has 2 rings (SSSR count). The molecule has 2 aliphatic heterocycles. The molecule has 2 atom stereocenters. The maximum atomic E-state index is 12.0. The van der Waals surface area contributed by atoms with Crippen LogP contribution >= 0.6 is 11.8 Å². The van der Waals surface area contributed by atoms with Gasteiger partial charge in [0.1, 0.15) is 17.7 Å². The minimum Gasteiger partial charge on any atom is -0.477 e. The molecule has 0 aliphatic carbocycles. The molecule has 0 aromatic heterocycles. The SMILES string of the molecule is CO[C@@]1(N)C(=O)N2C(C(=O)O)=C(COC(N)=O)CS[C@H]21. The summed E-state index contributed by atoms with van der Waals surface area (Å²) in [6, 6.07) is 0. The number of rotatable bonds is 4. The fourth-order valence-electron chi connectivity index (χ4n) is 2.07. The van der Waals surface area contributed by atoms with Crippen LogP contribution in [0.1, 0.15) is 0 Å². The molecule has 0 aromatic carbocycles. The second-order valence-corrected chi connectivity index (χ2v) is 5.27. The first-order valence-corrected chi connectivity index (χ1v) is 6.54. The van der Waals surface area contributed by atoms with E-state index in [0.29, 0.717) is 0 Å². The Kier molecular flexibility index (Phi) is 3.63. The van der Waals surface area contributed by atoms with Crippen molar-refractivity contribution >= 4 is 29.7 Å². The molecule has 20 heavy (non-hydrogen) atoms. The number of thioether (sulfide) groups is 1. The predicted molar refractivity (Wildman–Crippen MR) is 67.2 cm³/mol. The predicted octanol–water partition coefficient (Wildman–Crippen LogP) is -1.36. The van der Waals surface area contributed by atoms with Crippen LogP contribution in [0.15, 0.2) is 11.3 Å². The van der Waals surface area contributed by atoms with E-state index in [1.165, 1.54) is 18.9 Å². The first-order valence-electron chi connectivity index (χ1n) is 5.49. The molecule has 1 saturated heterocycles. The summed E-state index contributed by atoms with van der Waals surface area (Å²) in [6.07, 6.45) is -1.02. The average Bonchev–Trinajstić information content (AvgIpc) is 2.42. The normalized spacial score (nSPS) is 28.8. The number of carboxylic acid groups (broad SMARTS) is 1. The van der Waals surface area contributed by atoms with Crippen LogP contribution in [0.2, 0.25) is 0 Å². The Balaban J connectivity index is 2.31. The summed E-state index contributed by atoms with van der Waals surface area (Å²) >= 11 is 1.23. The van der Waals surface area contributed by atoms with Crippen LogP contribution in [-0.4, -0.2) is 58.5 Å². The molecule has 0 aromatic rings. The van der Waals surface area contributed by atoms with Gasteiger partial charge in [-0.3, -0.25) is 15.4 Å². The van der Waals surface area contributed by atoms with E-state index in [0.717, 1.165) is 4.90 Å². The van der Waals surface area contributed by atoms with Crippen molar-refractivity contribution in [1.82, 2.24) is 4.90 Å². The summed E-state index contributed by atoms with van der Waals surface area (Å²) in [5.74, 6) is -1.71. The molecule has 2 aliphatic rings. The van der Waals surface area contributed by atoms with Crippen LogP contribution < -0.4 is 11.5 Å². The minimum atomic E-state index is -1.53. The smallest absolute Gasteiger partial charge is 0.404 e. The lowest BCUT2D eigenvalue weighted by Crippen LogP contribution is -2.78. The van der Waals surface area contributed by atoms with Gasteiger partial charge in [0.2, 0.25) is 5.72 Å². The third kappa shape index (κ3) is 2.01. The van der Waals surface area contributed by atoms with E-state index in [1.807, 2.05) is 0 Å². The van der Waals surface area contributed by atoms with Gasteiger partial charge in [0.15, 0.2) is 0 Å². The summed E-state index contributed by atoms with van der Waals surface area (Å²) in [5.41, 5.74) is 9.13. The van der Waals surface area contributed by atoms with Crippen molar-refractivity contribution in [1.29, 1.82) is 0 Å². The number of aliphatic carboxylic acids is 1. The Morgan fingerprint density at radius 1 is 1.60 bits per heavy atom. The van der Waals surface area contributed by atoms with E-state index in [1.54, 1.807) is 0 Å². The van der Waals surface area contributed by atoms with Gasteiger partial charge in [0, 0.05) is 18.4 Å². The molecule has 0 radical (unpaired) electrons. The molecule has 2 heterocycles. The zero-order chi connectivity index (χ0) is 15.1. The third-order valence-electron chi connectivity index (χ3n) is 3.07. The highest BCUT2D eigenvalue weighted by Gasteiger charge is 2.63. The molecule has 0 bridgehead atoms. The Morgan fingerprint density at radius 3 is 2.75 bits per heavy atom. The van der Waals surface area contributed by atoms with E-state index in [4.69, 9.17) is 16.2 Å². The number of hydrogen-bond acceptors (Lipinski definition) is 7. The lowest BCUT2D eigenvalue weighted by molar-refractivity contribution is -0.183. The average molecular weight is 303 g/mol. The van der Waals surface area contributed by atoms with Gasteiger partial charge in [-0.05, 0) is 0 Å². The van der Waals surface area contributed by atoms with E-state index in [2.05, 4.69) is 4.74 Å². The second kappa shape index (κ2) is 4.96. The quantitative estimate of drug-likeness (QED) is 0.426. The fourth-order valence-corrected chi connectivity index (χ4v) is 3.45.